The molecule has 0 fully saturated rings. The van der Waals surface area contributed by atoms with E-state index >= 15 is 0 Å². The maximum absolute atomic E-state index is 13.9. The Kier molecular flexibility index (Phi) is 5.66. The second kappa shape index (κ2) is 7.55. The Bertz CT molecular complexity index is 780. The number of benzene rings is 2. The van der Waals surface area contributed by atoms with E-state index in [0.29, 0.717) is 12.0 Å². The molecular formula is C18H18F4N2O. The van der Waals surface area contributed by atoms with Gasteiger partial charge >= 0.3 is 0 Å². The van der Waals surface area contributed by atoms with Crippen LogP contribution in [0, 0.1) is 23.3 Å². The molecule has 0 heterocycles. The lowest BCUT2D eigenvalue weighted by molar-refractivity contribution is -0.127. The summed E-state index contributed by atoms with van der Waals surface area (Å²) in [7, 11) is 3.17. The van der Waals surface area contributed by atoms with Crippen LogP contribution in [0.1, 0.15) is 18.1 Å². The molecule has 0 spiro atoms. The van der Waals surface area contributed by atoms with Crippen LogP contribution >= 0.6 is 0 Å². The van der Waals surface area contributed by atoms with Crippen LogP contribution in [0.5, 0.6) is 0 Å². The summed E-state index contributed by atoms with van der Waals surface area (Å²) >= 11 is 0. The standard InChI is InChI=1S/C18H18F4N2O/c1-4-10-5-6-14(11(7-10)8-15(25)24(2)3)23-18-16(21)12(19)9-13(20)17(18)22/h5-7,9,23H,4,8H2,1-3H3. The van der Waals surface area contributed by atoms with Crippen LogP contribution in [0.25, 0.3) is 0 Å². The first kappa shape index (κ1) is 18.8. The Morgan fingerprint density at radius 3 is 2.16 bits per heavy atom. The summed E-state index contributed by atoms with van der Waals surface area (Å²) in [5, 5.41) is 2.39. The lowest BCUT2D eigenvalue weighted by Crippen LogP contribution is -2.24. The number of nitrogens with zero attached hydrogens (tertiary/aromatic N) is 1. The first-order chi connectivity index (χ1) is 11.7. The van der Waals surface area contributed by atoms with Crippen LogP contribution in [0.3, 0.4) is 0 Å². The lowest BCUT2D eigenvalue weighted by atomic mass is 10.0. The van der Waals surface area contributed by atoms with E-state index in [1.165, 1.54) is 11.0 Å². The minimum atomic E-state index is -1.52. The topological polar surface area (TPSA) is 32.3 Å². The molecule has 0 saturated carbocycles. The van der Waals surface area contributed by atoms with Gasteiger partial charge < -0.3 is 10.2 Å². The lowest BCUT2D eigenvalue weighted by Gasteiger charge is -2.17. The average Bonchev–Trinajstić information content (AvgIpc) is 2.57. The number of anilines is 2. The summed E-state index contributed by atoms with van der Waals surface area (Å²) in [6.07, 6.45) is 0.672. The van der Waals surface area contributed by atoms with Crippen molar-refractivity contribution in [3.63, 3.8) is 0 Å². The molecule has 1 N–H and O–H groups in total. The fraction of sp³-hybridized carbons (Fsp3) is 0.278. The first-order valence-corrected chi connectivity index (χ1v) is 7.66. The fourth-order valence-corrected chi connectivity index (χ4v) is 2.27. The van der Waals surface area contributed by atoms with E-state index in [9.17, 15) is 22.4 Å². The van der Waals surface area contributed by atoms with Crippen LogP contribution in [0.15, 0.2) is 24.3 Å². The Labute approximate surface area is 143 Å². The Hall–Kier alpha value is -2.57. The molecule has 2 aromatic rings. The Balaban J connectivity index is 2.48. The average molecular weight is 354 g/mol. The fourth-order valence-electron chi connectivity index (χ4n) is 2.27. The largest absolute Gasteiger partial charge is 0.350 e. The third-order valence-electron chi connectivity index (χ3n) is 3.79. The number of amides is 1. The van der Waals surface area contributed by atoms with Gasteiger partial charge in [0.25, 0.3) is 0 Å². The van der Waals surface area contributed by atoms with Crippen molar-refractivity contribution in [2.45, 2.75) is 19.8 Å². The maximum atomic E-state index is 13.9. The molecule has 0 aliphatic heterocycles. The zero-order valence-corrected chi connectivity index (χ0v) is 14.1. The van der Waals surface area contributed by atoms with Gasteiger partial charge in [0.1, 0.15) is 5.69 Å². The number of carbonyl (C=O) groups excluding carboxylic acids is 1. The molecule has 0 bridgehead atoms. The molecule has 25 heavy (non-hydrogen) atoms. The summed E-state index contributed by atoms with van der Waals surface area (Å²) in [6.45, 7) is 1.92. The van der Waals surface area contributed by atoms with Crippen molar-refractivity contribution in [2.75, 3.05) is 19.4 Å². The molecule has 2 aromatic carbocycles. The van der Waals surface area contributed by atoms with E-state index in [2.05, 4.69) is 5.32 Å². The van der Waals surface area contributed by atoms with Crippen molar-refractivity contribution in [2.24, 2.45) is 0 Å². The second-order valence-electron chi connectivity index (χ2n) is 5.78. The van der Waals surface area contributed by atoms with E-state index in [4.69, 9.17) is 0 Å². The van der Waals surface area contributed by atoms with Gasteiger partial charge in [0.2, 0.25) is 5.91 Å². The van der Waals surface area contributed by atoms with Gasteiger partial charge in [-0.2, -0.15) is 0 Å². The zero-order chi connectivity index (χ0) is 18.7. The molecule has 0 saturated heterocycles. The van der Waals surface area contributed by atoms with Crippen LogP contribution in [0.2, 0.25) is 0 Å². The van der Waals surface area contributed by atoms with Gasteiger partial charge in [0.15, 0.2) is 23.3 Å². The third-order valence-corrected chi connectivity index (χ3v) is 3.79. The Morgan fingerprint density at radius 2 is 1.64 bits per heavy atom. The summed E-state index contributed by atoms with van der Waals surface area (Å²) < 4.78 is 54.5. The molecule has 0 aromatic heterocycles. The number of carbonyl (C=O) groups is 1. The summed E-state index contributed by atoms with van der Waals surface area (Å²) in [6, 6.07) is 5.10. The number of hydrogen-bond acceptors (Lipinski definition) is 2. The molecule has 0 aliphatic carbocycles. The third kappa shape index (κ3) is 4.10. The number of rotatable bonds is 5. The normalized spacial score (nSPS) is 10.7. The SMILES string of the molecule is CCc1ccc(Nc2c(F)c(F)cc(F)c2F)c(CC(=O)N(C)C)c1. The molecular weight excluding hydrogens is 336 g/mol. The van der Waals surface area contributed by atoms with Crippen molar-refractivity contribution in [1.82, 2.24) is 4.90 Å². The van der Waals surface area contributed by atoms with E-state index in [0.717, 1.165) is 5.56 Å². The minimum absolute atomic E-state index is 0.0236. The van der Waals surface area contributed by atoms with Crippen LogP contribution < -0.4 is 5.32 Å². The number of hydrogen-bond donors (Lipinski definition) is 1. The van der Waals surface area contributed by atoms with E-state index in [-0.39, 0.29) is 24.1 Å². The summed E-state index contributed by atoms with van der Waals surface area (Å²) in [4.78, 5) is 13.4. The van der Waals surface area contributed by atoms with Gasteiger partial charge in [0.05, 0.1) is 6.42 Å². The highest BCUT2D eigenvalue weighted by Crippen LogP contribution is 2.30. The predicted molar refractivity (Wildman–Crippen MR) is 87.8 cm³/mol. The van der Waals surface area contributed by atoms with E-state index in [1.807, 2.05) is 6.92 Å². The summed E-state index contributed by atoms with van der Waals surface area (Å²) in [5.41, 5.74) is 0.662. The molecule has 134 valence electrons. The molecule has 3 nitrogen and oxygen atoms in total. The summed E-state index contributed by atoms with van der Waals surface area (Å²) in [5.74, 6) is -6.27. The number of likely N-dealkylation sites (N-methyl/N-ethyl adjacent to an activating group) is 1. The quantitative estimate of drug-likeness (QED) is 0.645. The number of aryl methyl sites for hydroxylation is 1. The van der Waals surface area contributed by atoms with Crippen LogP contribution in [-0.2, 0) is 17.6 Å². The smallest absolute Gasteiger partial charge is 0.226 e. The van der Waals surface area contributed by atoms with E-state index in [1.54, 1.807) is 26.2 Å². The van der Waals surface area contributed by atoms with Gasteiger partial charge in [-0.1, -0.05) is 19.1 Å². The highest BCUT2D eigenvalue weighted by atomic mass is 19.2. The molecule has 0 aliphatic rings. The van der Waals surface area contributed by atoms with Gasteiger partial charge in [-0.3, -0.25) is 4.79 Å². The van der Waals surface area contributed by atoms with Crippen molar-refractivity contribution < 1.29 is 22.4 Å². The zero-order valence-electron chi connectivity index (χ0n) is 14.1. The maximum Gasteiger partial charge on any atom is 0.226 e. The predicted octanol–water partition coefficient (Wildman–Crippen LogP) is 4.18. The molecule has 1 amide bonds. The second-order valence-corrected chi connectivity index (χ2v) is 5.78. The molecule has 7 heteroatoms. The van der Waals surface area contributed by atoms with Gasteiger partial charge in [0, 0.05) is 25.8 Å². The minimum Gasteiger partial charge on any atom is -0.350 e. The van der Waals surface area contributed by atoms with Crippen molar-refractivity contribution >= 4 is 17.3 Å². The Morgan fingerprint density at radius 1 is 1.04 bits per heavy atom. The number of nitrogens with one attached hydrogen (secondary N) is 1. The van der Waals surface area contributed by atoms with Crippen LogP contribution in [-0.4, -0.2) is 24.9 Å². The van der Waals surface area contributed by atoms with Crippen molar-refractivity contribution in [3.05, 3.63) is 58.7 Å². The molecule has 2 rings (SSSR count). The number of halogens is 4. The molecule has 0 unspecified atom stereocenters. The monoisotopic (exact) mass is 354 g/mol. The van der Waals surface area contributed by atoms with Crippen molar-refractivity contribution in [3.8, 4) is 0 Å². The highest BCUT2D eigenvalue weighted by Gasteiger charge is 2.20. The van der Waals surface area contributed by atoms with E-state index < -0.39 is 29.0 Å². The molecule has 0 radical (unpaired) electrons. The first-order valence-electron chi connectivity index (χ1n) is 7.66. The highest BCUT2D eigenvalue weighted by molar-refractivity contribution is 5.81. The van der Waals surface area contributed by atoms with Gasteiger partial charge in [-0.15, -0.1) is 0 Å². The van der Waals surface area contributed by atoms with Gasteiger partial charge in [-0.05, 0) is 23.6 Å². The van der Waals surface area contributed by atoms with Crippen LogP contribution in [0.4, 0.5) is 28.9 Å². The van der Waals surface area contributed by atoms with Crippen molar-refractivity contribution in [1.29, 1.82) is 0 Å². The van der Waals surface area contributed by atoms with Gasteiger partial charge in [-0.25, -0.2) is 17.6 Å². The molecule has 0 atom stereocenters.